The second kappa shape index (κ2) is 10.8. The summed E-state index contributed by atoms with van der Waals surface area (Å²) in [6.07, 6.45) is -2.40. The van der Waals surface area contributed by atoms with Crippen LogP contribution >= 0.6 is 11.8 Å². The Morgan fingerprint density at radius 3 is 2.18 bits per heavy atom. The van der Waals surface area contributed by atoms with Crippen LogP contribution in [0.4, 0.5) is 13.2 Å². The summed E-state index contributed by atoms with van der Waals surface area (Å²) in [6.45, 7) is 3.37. The Balaban J connectivity index is 1.97. The van der Waals surface area contributed by atoms with Crippen LogP contribution in [0.25, 0.3) is 11.1 Å². The van der Waals surface area contributed by atoms with Gasteiger partial charge in [0, 0.05) is 38.8 Å². The van der Waals surface area contributed by atoms with E-state index in [2.05, 4.69) is 4.98 Å². The van der Waals surface area contributed by atoms with E-state index in [1.54, 1.807) is 0 Å². The van der Waals surface area contributed by atoms with Crippen molar-refractivity contribution < 1.29 is 46.5 Å². The zero-order valence-corrected chi connectivity index (χ0v) is 19.1. The Morgan fingerprint density at radius 2 is 1.56 bits per heavy atom. The van der Waals surface area contributed by atoms with E-state index >= 15 is 0 Å². The standard InChI is InChI=1S/C22H20F3NO7S/c1-10(27)30-17-9-34-22(21(32-12(3)29)20(17)31-11(2)28)33-16-7-14(6-15(23)19(16)25)13-4-5-26-18(24)8-13/h4-8,17,20-22H,9H2,1-3H3/t17-,20+,21-,22-/m1/s1. The molecule has 3 rings (SSSR count). The Kier molecular flexibility index (Phi) is 8.02. The lowest BCUT2D eigenvalue weighted by Gasteiger charge is -2.39. The molecule has 0 spiro atoms. The van der Waals surface area contributed by atoms with Gasteiger partial charge in [0.05, 0.1) is 0 Å². The van der Waals surface area contributed by atoms with Crippen molar-refractivity contribution in [2.24, 2.45) is 0 Å². The highest BCUT2D eigenvalue weighted by Gasteiger charge is 2.48. The molecular weight excluding hydrogens is 479 g/mol. The summed E-state index contributed by atoms with van der Waals surface area (Å²) in [5.41, 5.74) is -0.843. The number of thioether (sulfide) groups is 1. The maximum atomic E-state index is 14.6. The van der Waals surface area contributed by atoms with E-state index in [4.69, 9.17) is 18.9 Å². The maximum absolute atomic E-state index is 14.6. The van der Waals surface area contributed by atoms with Gasteiger partial charge in [-0.25, -0.2) is 9.37 Å². The van der Waals surface area contributed by atoms with E-state index in [1.807, 2.05) is 0 Å². The number of hydrogen-bond donors (Lipinski definition) is 0. The lowest BCUT2D eigenvalue weighted by Crippen LogP contribution is -2.55. The molecule has 4 atom stereocenters. The van der Waals surface area contributed by atoms with Gasteiger partial charge < -0.3 is 18.9 Å². The molecule has 0 saturated carbocycles. The molecule has 34 heavy (non-hydrogen) atoms. The number of ether oxygens (including phenoxy) is 4. The number of aromatic nitrogens is 1. The van der Waals surface area contributed by atoms with E-state index in [0.717, 1.165) is 50.7 Å². The van der Waals surface area contributed by atoms with Crippen molar-refractivity contribution in [3.05, 3.63) is 48.0 Å². The van der Waals surface area contributed by atoms with Crippen LogP contribution in [0.15, 0.2) is 30.5 Å². The van der Waals surface area contributed by atoms with Crippen LogP contribution in [0, 0.1) is 17.6 Å². The lowest BCUT2D eigenvalue weighted by molar-refractivity contribution is -0.186. The smallest absolute Gasteiger partial charge is 0.303 e. The molecule has 182 valence electrons. The predicted molar refractivity (Wildman–Crippen MR) is 113 cm³/mol. The first-order valence-corrected chi connectivity index (χ1v) is 11.0. The van der Waals surface area contributed by atoms with Gasteiger partial charge in [0.15, 0.2) is 35.3 Å². The van der Waals surface area contributed by atoms with Crippen LogP contribution in [0.3, 0.4) is 0 Å². The van der Waals surface area contributed by atoms with Gasteiger partial charge in [0.2, 0.25) is 11.8 Å². The Labute approximate surface area is 196 Å². The van der Waals surface area contributed by atoms with Crippen molar-refractivity contribution in [1.82, 2.24) is 4.98 Å². The van der Waals surface area contributed by atoms with E-state index in [0.29, 0.717) is 0 Å². The number of carbonyl (C=O) groups excluding carboxylic acids is 3. The minimum Gasteiger partial charge on any atom is -0.472 e. The summed E-state index contributed by atoms with van der Waals surface area (Å²) in [4.78, 5) is 38.3. The quantitative estimate of drug-likeness (QED) is 0.336. The molecule has 0 unspecified atom stereocenters. The number of benzene rings is 1. The van der Waals surface area contributed by atoms with Gasteiger partial charge >= 0.3 is 17.9 Å². The number of hydrogen-bond acceptors (Lipinski definition) is 9. The van der Waals surface area contributed by atoms with Gasteiger partial charge in [-0.2, -0.15) is 8.78 Å². The molecule has 8 nitrogen and oxygen atoms in total. The number of carbonyl (C=O) groups is 3. The van der Waals surface area contributed by atoms with Crippen LogP contribution < -0.4 is 4.74 Å². The van der Waals surface area contributed by atoms with E-state index in [-0.39, 0.29) is 16.9 Å². The number of nitrogens with zero attached hydrogens (tertiary/aromatic N) is 1. The molecule has 1 fully saturated rings. The molecule has 0 aliphatic carbocycles. The summed E-state index contributed by atoms with van der Waals surface area (Å²) >= 11 is 0.981. The third-order valence-corrected chi connectivity index (χ3v) is 5.82. The normalized spacial score (nSPS) is 21.9. The highest BCUT2D eigenvalue weighted by molar-refractivity contribution is 7.99. The SMILES string of the molecule is CC(=O)O[C@@H]1[C@@H](OC(C)=O)[C@H](OC(C)=O)CS[C@H]1Oc1cc(-c2ccnc(F)c2)cc(F)c1F. The third-order valence-electron chi connectivity index (χ3n) is 4.60. The van der Waals surface area contributed by atoms with Crippen molar-refractivity contribution in [3.63, 3.8) is 0 Å². The summed E-state index contributed by atoms with van der Waals surface area (Å²) in [5, 5.41) is 0. The number of halogens is 3. The average molecular weight is 499 g/mol. The van der Waals surface area contributed by atoms with Gasteiger partial charge in [0.1, 0.15) is 0 Å². The summed E-state index contributed by atoms with van der Waals surface area (Å²) in [6, 6.07) is 4.45. The molecule has 1 aromatic carbocycles. The second-order valence-corrected chi connectivity index (χ2v) is 8.38. The van der Waals surface area contributed by atoms with Crippen molar-refractivity contribution in [2.45, 2.75) is 44.5 Å². The van der Waals surface area contributed by atoms with Crippen LogP contribution in [0.1, 0.15) is 20.8 Å². The molecule has 1 aromatic heterocycles. The Bertz CT molecular complexity index is 1100. The van der Waals surface area contributed by atoms with Crippen LogP contribution in [0.2, 0.25) is 0 Å². The first-order valence-electron chi connectivity index (χ1n) is 9.96. The molecule has 0 radical (unpaired) electrons. The monoisotopic (exact) mass is 499 g/mol. The fourth-order valence-electron chi connectivity index (χ4n) is 3.33. The van der Waals surface area contributed by atoms with Crippen molar-refractivity contribution in [3.8, 4) is 16.9 Å². The summed E-state index contributed by atoms with van der Waals surface area (Å²) < 4.78 is 63.9. The first-order chi connectivity index (χ1) is 16.0. The molecule has 1 saturated heterocycles. The zero-order chi connectivity index (χ0) is 25.0. The number of pyridine rings is 1. The van der Waals surface area contributed by atoms with Crippen LogP contribution in [0.5, 0.6) is 5.75 Å². The van der Waals surface area contributed by atoms with Gasteiger partial charge in [-0.1, -0.05) is 0 Å². The molecule has 0 amide bonds. The number of rotatable bonds is 6. The second-order valence-electron chi connectivity index (χ2n) is 7.25. The lowest BCUT2D eigenvalue weighted by atomic mass is 10.1. The highest BCUT2D eigenvalue weighted by Crippen LogP contribution is 2.37. The molecule has 1 aliphatic heterocycles. The molecule has 2 aromatic rings. The fourth-order valence-corrected chi connectivity index (χ4v) is 4.54. The van der Waals surface area contributed by atoms with Gasteiger partial charge in [0.25, 0.3) is 0 Å². The fraction of sp³-hybridized carbons (Fsp3) is 0.364. The Morgan fingerprint density at radius 1 is 0.912 bits per heavy atom. The van der Waals surface area contributed by atoms with Crippen molar-refractivity contribution in [1.29, 1.82) is 0 Å². The van der Waals surface area contributed by atoms with Gasteiger partial charge in [-0.3, -0.25) is 14.4 Å². The summed E-state index contributed by atoms with van der Waals surface area (Å²) in [7, 11) is 0. The molecule has 0 N–H and O–H groups in total. The minimum atomic E-state index is -1.33. The van der Waals surface area contributed by atoms with Crippen molar-refractivity contribution >= 4 is 29.7 Å². The van der Waals surface area contributed by atoms with E-state index in [9.17, 15) is 27.6 Å². The molecular formula is C22H20F3NO7S. The molecule has 1 aliphatic rings. The number of esters is 3. The van der Waals surface area contributed by atoms with Gasteiger partial charge in [-0.15, -0.1) is 11.8 Å². The highest BCUT2D eigenvalue weighted by atomic mass is 32.2. The molecule has 0 bridgehead atoms. The Hall–Kier alpha value is -3.28. The zero-order valence-electron chi connectivity index (χ0n) is 18.3. The van der Waals surface area contributed by atoms with E-state index in [1.165, 1.54) is 12.3 Å². The first kappa shape index (κ1) is 25.3. The third kappa shape index (κ3) is 6.19. The molecule has 2 heterocycles. The van der Waals surface area contributed by atoms with Crippen LogP contribution in [-0.2, 0) is 28.6 Å². The average Bonchev–Trinajstić information content (AvgIpc) is 2.74. The van der Waals surface area contributed by atoms with Crippen molar-refractivity contribution in [2.75, 3.05) is 5.75 Å². The summed E-state index contributed by atoms with van der Waals surface area (Å²) in [5.74, 6) is -6.09. The minimum absolute atomic E-state index is 0.0410. The van der Waals surface area contributed by atoms with Crippen LogP contribution in [-0.4, -0.2) is 52.4 Å². The maximum Gasteiger partial charge on any atom is 0.303 e. The molecule has 12 heteroatoms. The van der Waals surface area contributed by atoms with Gasteiger partial charge in [-0.05, 0) is 29.3 Å². The predicted octanol–water partition coefficient (Wildman–Crippen LogP) is 3.41. The largest absolute Gasteiger partial charge is 0.472 e. The van der Waals surface area contributed by atoms with E-state index < -0.39 is 65.0 Å². The topological polar surface area (TPSA) is 101 Å².